The summed E-state index contributed by atoms with van der Waals surface area (Å²) in [6, 6.07) is 14.4. The van der Waals surface area contributed by atoms with Crippen LogP contribution in [0, 0.1) is 6.92 Å². The third kappa shape index (κ3) is 3.52. The number of carboxylic acid groups (broad SMARTS) is 1. The van der Waals surface area contributed by atoms with E-state index >= 15 is 0 Å². The zero-order chi connectivity index (χ0) is 14.5. The monoisotopic (exact) mass is 290 g/mol. The van der Waals surface area contributed by atoms with Crippen LogP contribution in [0.15, 0.2) is 48.5 Å². The van der Waals surface area contributed by atoms with E-state index in [4.69, 9.17) is 16.3 Å². The summed E-state index contributed by atoms with van der Waals surface area (Å²) in [5, 5.41) is 9.79. The first-order valence-corrected chi connectivity index (χ1v) is 6.62. The molecule has 2 aromatic rings. The normalized spacial score (nSPS) is 11.9. The molecule has 1 N–H and O–H groups in total. The van der Waals surface area contributed by atoms with Crippen LogP contribution in [0.1, 0.15) is 17.0 Å². The zero-order valence-corrected chi connectivity index (χ0v) is 11.8. The first-order valence-electron chi connectivity index (χ1n) is 6.24. The Morgan fingerprint density at radius 2 is 1.95 bits per heavy atom. The van der Waals surface area contributed by atoms with Gasteiger partial charge in [0.15, 0.2) is 0 Å². The molecule has 3 nitrogen and oxygen atoms in total. The van der Waals surface area contributed by atoms with Gasteiger partial charge in [-0.2, -0.15) is 0 Å². The molecule has 20 heavy (non-hydrogen) atoms. The Balaban J connectivity index is 2.12. The molecular formula is C16H15ClO3. The zero-order valence-electron chi connectivity index (χ0n) is 11.0. The molecule has 0 saturated carbocycles. The Labute approximate surface area is 122 Å². The molecule has 2 aromatic carbocycles. The average Bonchev–Trinajstić information content (AvgIpc) is 2.42. The number of aliphatic carboxylic acids is 1. The summed E-state index contributed by atoms with van der Waals surface area (Å²) in [5.74, 6) is -1.13. The highest BCUT2D eigenvalue weighted by Gasteiger charge is 2.20. The van der Waals surface area contributed by atoms with E-state index in [1.807, 2.05) is 31.2 Å². The van der Waals surface area contributed by atoms with Crippen LogP contribution in [0.5, 0.6) is 5.75 Å². The van der Waals surface area contributed by atoms with Gasteiger partial charge in [-0.05, 0) is 30.2 Å². The Morgan fingerprint density at radius 3 is 2.55 bits per heavy atom. The molecule has 0 aliphatic rings. The van der Waals surface area contributed by atoms with Gasteiger partial charge in [-0.1, -0.05) is 48.0 Å². The van der Waals surface area contributed by atoms with Gasteiger partial charge >= 0.3 is 5.97 Å². The van der Waals surface area contributed by atoms with Gasteiger partial charge in [0.1, 0.15) is 18.3 Å². The van der Waals surface area contributed by atoms with Gasteiger partial charge < -0.3 is 9.84 Å². The third-order valence-corrected chi connectivity index (χ3v) is 3.29. The summed E-state index contributed by atoms with van der Waals surface area (Å²) in [7, 11) is 0. The second kappa shape index (κ2) is 6.44. The van der Waals surface area contributed by atoms with Crippen molar-refractivity contribution < 1.29 is 14.6 Å². The maximum atomic E-state index is 11.3. The second-order valence-corrected chi connectivity index (χ2v) is 4.95. The molecule has 0 aliphatic heterocycles. The van der Waals surface area contributed by atoms with E-state index in [2.05, 4.69) is 0 Å². The Morgan fingerprint density at radius 1 is 1.25 bits per heavy atom. The molecule has 2 rings (SSSR count). The lowest BCUT2D eigenvalue weighted by Gasteiger charge is -2.15. The molecule has 0 bridgehead atoms. The minimum atomic E-state index is -0.917. The lowest BCUT2D eigenvalue weighted by molar-refractivity contribution is -0.139. The first kappa shape index (κ1) is 14.4. The number of ether oxygens (including phenoxy) is 1. The van der Waals surface area contributed by atoms with Crippen molar-refractivity contribution in [3.05, 3.63) is 64.7 Å². The number of carboxylic acids is 1. The molecule has 0 spiro atoms. The van der Waals surface area contributed by atoms with Crippen molar-refractivity contribution >= 4 is 17.6 Å². The molecule has 0 radical (unpaired) electrons. The van der Waals surface area contributed by atoms with Gasteiger partial charge in [0.2, 0.25) is 0 Å². The Kier molecular flexibility index (Phi) is 4.64. The van der Waals surface area contributed by atoms with Crippen molar-refractivity contribution in [1.29, 1.82) is 0 Å². The fraction of sp³-hybridized carbons (Fsp3) is 0.188. The van der Waals surface area contributed by atoms with E-state index in [0.717, 1.165) is 5.56 Å². The standard InChI is InChI=1S/C16H15ClO3/c1-11-7-8-15(14(17)9-11)20-10-13(16(18)19)12-5-3-2-4-6-12/h2-9,13H,10H2,1H3,(H,18,19). The van der Waals surface area contributed by atoms with Gasteiger partial charge in [0.05, 0.1) is 5.02 Å². The molecule has 0 aromatic heterocycles. The van der Waals surface area contributed by atoms with E-state index in [9.17, 15) is 9.90 Å². The second-order valence-electron chi connectivity index (χ2n) is 4.55. The topological polar surface area (TPSA) is 46.5 Å². The van der Waals surface area contributed by atoms with Gasteiger partial charge in [-0.15, -0.1) is 0 Å². The molecule has 4 heteroatoms. The number of benzene rings is 2. The van der Waals surface area contributed by atoms with Crippen LogP contribution in [0.25, 0.3) is 0 Å². The highest BCUT2D eigenvalue weighted by atomic mass is 35.5. The first-order chi connectivity index (χ1) is 9.58. The number of hydrogen-bond acceptors (Lipinski definition) is 2. The highest BCUT2D eigenvalue weighted by molar-refractivity contribution is 6.32. The van der Waals surface area contributed by atoms with Gasteiger partial charge in [-0.25, -0.2) is 0 Å². The van der Waals surface area contributed by atoms with Crippen LogP contribution in [0.2, 0.25) is 5.02 Å². The van der Waals surface area contributed by atoms with E-state index < -0.39 is 11.9 Å². The van der Waals surface area contributed by atoms with Crippen molar-refractivity contribution in [3.63, 3.8) is 0 Å². The largest absolute Gasteiger partial charge is 0.491 e. The molecule has 104 valence electrons. The number of rotatable bonds is 5. The lowest BCUT2D eigenvalue weighted by Crippen LogP contribution is -2.19. The van der Waals surface area contributed by atoms with E-state index in [-0.39, 0.29) is 6.61 Å². The highest BCUT2D eigenvalue weighted by Crippen LogP contribution is 2.27. The summed E-state index contributed by atoms with van der Waals surface area (Å²) in [5.41, 5.74) is 1.74. The number of hydrogen-bond donors (Lipinski definition) is 1. The lowest BCUT2D eigenvalue weighted by atomic mass is 10.0. The van der Waals surface area contributed by atoms with E-state index in [0.29, 0.717) is 16.3 Å². The predicted octanol–water partition coefficient (Wildman–Crippen LogP) is 3.90. The van der Waals surface area contributed by atoms with Crippen molar-refractivity contribution in [2.75, 3.05) is 6.61 Å². The summed E-state index contributed by atoms with van der Waals surface area (Å²) in [6.45, 7) is 1.97. The minimum Gasteiger partial charge on any atom is -0.491 e. The minimum absolute atomic E-state index is 0.0438. The molecule has 1 unspecified atom stereocenters. The SMILES string of the molecule is Cc1ccc(OCC(C(=O)O)c2ccccc2)c(Cl)c1. The summed E-state index contributed by atoms with van der Waals surface area (Å²) >= 11 is 6.07. The van der Waals surface area contributed by atoms with Gasteiger partial charge in [0, 0.05) is 0 Å². The maximum Gasteiger partial charge on any atom is 0.314 e. The van der Waals surface area contributed by atoms with E-state index in [1.165, 1.54) is 0 Å². The number of halogens is 1. The van der Waals surface area contributed by atoms with Crippen LogP contribution in [0.3, 0.4) is 0 Å². The van der Waals surface area contributed by atoms with Crippen molar-refractivity contribution in [3.8, 4) is 5.75 Å². The maximum absolute atomic E-state index is 11.3. The predicted molar refractivity (Wildman–Crippen MR) is 78.5 cm³/mol. The van der Waals surface area contributed by atoms with Crippen LogP contribution >= 0.6 is 11.6 Å². The summed E-state index contributed by atoms with van der Waals surface area (Å²) in [6.07, 6.45) is 0. The molecule has 0 aliphatic carbocycles. The van der Waals surface area contributed by atoms with Crippen LogP contribution in [0.4, 0.5) is 0 Å². The van der Waals surface area contributed by atoms with Gasteiger partial charge in [-0.3, -0.25) is 4.79 Å². The quantitative estimate of drug-likeness (QED) is 0.908. The van der Waals surface area contributed by atoms with Crippen LogP contribution in [-0.4, -0.2) is 17.7 Å². The Hall–Kier alpha value is -2.00. The third-order valence-electron chi connectivity index (χ3n) is 2.99. The van der Waals surface area contributed by atoms with Crippen molar-refractivity contribution in [2.45, 2.75) is 12.8 Å². The molecule has 0 heterocycles. The fourth-order valence-electron chi connectivity index (χ4n) is 1.89. The molecule has 0 amide bonds. The van der Waals surface area contributed by atoms with Crippen LogP contribution < -0.4 is 4.74 Å². The molecule has 0 saturated heterocycles. The summed E-state index contributed by atoms with van der Waals surface area (Å²) in [4.78, 5) is 11.3. The van der Waals surface area contributed by atoms with Gasteiger partial charge in [0.25, 0.3) is 0 Å². The smallest absolute Gasteiger partial charge is 0.314 e. The van der Waals surface area contributed by atoms with Crippen LogP contribution in [-0.2, 0) is 4.79 Å². The van der Waals surface area contributed by atoms with Crippen molar-refractivity contribution in [1.82, 2.24) is 0 Å². The number of carbonyl (C=O) groups is 1. The average molecular weight is 291 g/mol. The molecular weight excluding hydrogens is 276 g/mol. The Bertz CT molecular complexity index is 596. The molecule has 1 atom stereocenters. The van der Waals surface area contributed by atoms with E-state index in [1.54, 1.807) is 24.3 Å². The van der Waals surface area contributed by atoms with Crippen molar-refractivity contribution in [2.24, 2.45) is 0 Å². The summed E-state index contributed by atoms with van der Waals surface area (Å²) < 4.78 is 5.56. The fourth-order valence-corrected chi connectivity index (χ4v) is 2.18. The number of aryl methyl sites for hydroxylation is 1. The molecule has 0 fully saturated rings.